The first-order valence-electron chi connectivity index (χ1n) is 5.39. The number of anilines is 1. The van der Waals surface area contributed by atoms with Gasteiger partial charge in [-0.15, -0.1) is 0 Å². The highest BCUT2D eigenvalue weighted by Crippen LogP contribution is 2.21. The summed E-state index contributed by atoms with van der Waals surface area (Å²) < 4.78 is 4.40. The minimum atomic E-state index is -0.310. The average Bonchev–Trinajstić information content (AvgIpc) is 2.85. The lowest BCUT2D eigenvalue weighted by molar-refractivity contribution is 0.101. The van der Waals surface area contributed by atoms with Crippen molar-refractivity contribution in [2.24, 2.45) is 0 Å². The number of aromatic nitrogens is 2. The van der Waals surface area contributed by atoms with Gasteiger partial charge < -0.3 is 5.32 Å². The molecule has 1 amide bonds. The van der Waals surface area contributed by atoms with Crippen molar-refractivity contribution in [2.75, 3.05) is 5.32 Å². The van der Waals surface area contributed by atoms with Crippen molar-refractivity contribution in [3.8, 4) is 0 Å². The zero-order valence-corrected chi connectivity index (χ0v) is 9.73. The van der Waals surface area contributed by atoms with Crippen LogP contribution < -0.4 is 5.32 Å². The van der Waals surface area contributed by atoms with Gasteiger partial charge in [0.15, 0.2) is 5.69 Å². The number of rotatable bonds is 3. The highest BCUT2D eigenvalue weighted by Gasteiger charge is 2.13. The van der Waals surface area contributed by atoms with Crippen LogP contribution in [-0.2, 0) is 6.42 Å². The van der Waals surface area contributed by atoms with E-state index < -0.39 is 0 Å². The topological polar surface area (TPSA) is 68.0 Å². The van der Waals surface area contributed by atoms with E-state index in [-0.39, 0.29) is 11.6 Å². The molecule has 88 valence electrons. The summed E-state index contributed by atoms with van der Waals surface area (Å²) in [6.45, 7) is 4.00. The van der Waals surface area contributed by atoms with E-state index in [1.807, 2.05) is 32.0 Å². The summed E-state index contributed by atoms with van der Waals surface area (Å²) in [5.74, 6) is -0.310. The van der Waals surface area contributed by atoms with Crippen molar-refractivity contribution < 1.29 is 9.42 Å². The van der Waals surface area contributed by atoms with Gasteiger partial charge >= 0.3 is 0 Å². The number of nitrogens with zero attached hydrogens (tertiary/aromatic N) is 2. The Hall–Kier alpha value is -2.17. The largest absolute Gasteiger partial charge is 0.320 e. The predicted molar refractivity (Wildman–Crippen MR) is 62.8 cm³/mol. The van der Waals surface area contributed by atoms with Crippen molar-refractivity contribution in [3.05, 3.63) is 41.2 Å². The van der Waals surface area contributed by atoms with Crippen LogP contribution >= 0.6 is 0 Å². The highest BCUT2D eigenvalue weighted by molar-refractivity contribution is 6.03. The average molecular weight is 231 g/mol. The van der Waals surface area contributed by atoms with E-state index in [9.17, 15) is 4.79 Å². The molecule has 1 N–H and O–H groups in total. The van der Waals surface area contributed by atoms with Crippen LogP contribution in [-0.4, -0.2) is 16.2 Å². The van der Waals surface area contributed by atoms with Gasteiger partial charge in [-0.25, -0.2) is 4.63 Å². The normalized spacial score (nSPS) is 10.2. The molecule has 0 unspecified atom stereocenters. The van der Waals surface area contributed by atoms with Crippen LogP contribution in [0.2, 0.25) is 0 Å². The third kappa shape index (κ3) is 2.33. The molecule has 5 nitrogen and oxygen atoms in total. The van der Waals surface area contributed by atoms with Crippen LogP contribution in [0.25, 0.3) is 0 Å². The zero-order chi connectivity index (χ0) is 12.3. The Kier molecular flexibility index (Phi) is 3.18. The maximum Gasteiger partial charge on any atom is 0.279 e. The molecule has 0 aliphatic heterocycles. The Labute approximate surface area is 98.8 Å². The molecule has 5 heteroatoms. The van der Waals surface area contributed by atoms with E-state index in [2.05, 4.69) is 20.3 Å². The second-order valence-electron chi connectivity index (χ2n) is 3.71. The van der Waals surface area contributed by atoms with Crippen LogP contribution in [0.3, 0.4) is 0 Å². The number of amides is 1. The lowest BCUT2D eigenvalue weighted by atomic mass is 10.1. The first kappa shape index (κ1) is 11.3. The third-order valence-corrected chi connectivity index (χ3v) is 2.57. The van der Waals surface area contributed by atoms with Crippen LogP contribution in [0.15, 0.2) is 29.0 Å². The van der Waals surface area contributed by atoms with Crippen molar-refractivity contribution >= 4 is 11.6 Å². The quantitative estimate of drug-likeness (QED) is 0.879. The Morgan fingerprint density at radius 3 is 2.94 bits per heavy atom. The number of carbonyl (C=O) groups is 1. The van der Waals surface area contributed by atoms with E-state index in [0.29, 0.717) is 0 Å². The number of aryl methyl sites for hydroxylation is 2. The second-order valence-corrected chi connectivity index (χ2v) is 3.71. The SMILES string of the molecule is CCc1cccc(C)c1NC(=O)c1cnon1. The fraction of sp³-hybridized carbons (Fsp3) is 0.250. The Morgan fingerprint density at radius 2 is 2.29 bits per heavy atom. The lowest BCUT2D eigenvalue weighted by Crippen LogP contribution is -2.14. The van der Waals surface area contributed by atoms with Crippen LogP contribution in [0.1, 0.15) is 28.5 Å². The molecule has 0 spiro atoms. The molecule has 0 saturated heterocycles. The lowest BCUT2D eigenvalue weighted by Gasteiger charge is -2.11. The van der Waals surface area contributed by atoms with Crippen molar-refractivity contribution in [1.29, 1.82) is 0 Å². The summed E-state index contributed by atoms with van der Waals surface area (Å²) >= 11 is 0. The van der Waals surface area contributed by atoms with Crippen molar-refractivity contribution in [1.82, 2.24) is 10.3 Å². The molecule has 1 heterocycles. The monoisotopic (exact) mass is 231 g/mol. The molecule has 0 aliphatic carbocycles. The molecular weight excluding hydrogens is 218 g/mol. The summed E-state index contributed by atoms with van der Waals surface area (Å²) in [6, 6.07) is 5.92. The van der Waals surface area contributed by atoms with E-state index in [0.717, 1.165) is 23.2 Å². The van der Waals surface area contributed by atoms with E-state index >= 15 is 0 Å². The Morgan fingerprint density at radius 1 is 1.47 bits per heavy atom. The molecule has 2 aromatic rings. The first-order valence-corrected chi connectivity index (χ1v) is 5.39. The van der Waals surface area contributed by atoms with Gasteiger partial charge in [0.05, 0.1) is 0 Å². The summed E-state index contributed by atoms with van der Waals surface area (Å²) in [6.07, 6.45) is 2.15. The molecule has 1 aromatic heterocycles. The molecule has 0 radical (unpaired) electrons. The minimum absolute atomic E-state index is 0.176. The molecule has 0 saturated carbocycles. The van der Waals surface area contributed by atoms with Gasteiger partial charge in [0, 0.05) is 5.69 Å². The summed E-state index contributed by atoms with van der Waals surface area (Å²) in [4.78, 5) is 11.8. The third-order valence-electron chi connectivity index (χ3n) is 2.57. The summed E-state index contributed by atoms with van der Waals surface area (Å²) in [5, 5.41) is 9.73. The van der Waals surface area contributed by atoms with Gasteiger partial charge in [-0.3, -0.25) is 4.79 Å². The number of para-hydroxylation sites is 1. The van der Waals surface area contributed by atoms with Crippen molar-refractivity contribution in [2.45, 2.75) is 20.3 Å². The fourth-order valence-corrected chi connectivity index (χ4v) is 1.64. The predicted octanol–water partition coefficient (Wildman–Crippen LogP) is 2.19. The number of carbonyl (C=O) groups excluding carboxylic acids is 1. The Bertz CT molecular complexity index is 521. The summed E-state index contributed by atoms with van der Waals surface area (Å²) in [5.41, 5.74) is 3.13. The minimum Gasteiger partial charge on any atom is -0.320 e. The zero-order valence-electron chi connectivity index (χ0n) is 9.73. The molecule has 0 atom stereocenters. The van der Waals surface area contributed by atoms with Crippen LogP contribution in [0.5, 0.6) is 0 Å². The van der Waals surface area contributed by atoms with Gasteiger partial charge in [-0.2, -0.15) is 0 Å². The molecule has 1 aromatic carbocycles. The number of nitrogens with one attached hydrogen (secondary N) is 1. The van der Waals surface area contributed by atoms with Gasteiger partial charge in [-0.05, 0) is 29.6 Å². The number of benzene rings is 1. The van der Waals surface area contributed by atoms with Gasteiger partial charge in [-0.1, -0.05) is 30.3 Å². The van der Waals surface area contributed by atoms with Gasteiger partial charge in [0.1, 0.15) is 6.20 Å². The van der Waals surface area contributed by atoms with E-state index in [1.54, 1.807) is 0 Å². The van der Waals surface area contributed by atoms with E-state index in [1.165, 1.54) is 6.20 Å². The van der Waals surface area contributed by atoms with Gasteiger partial charge in [0.2, 0.25) is 0 Å². The molecule has 2 rings (SSSR count). The van der Waals surface area contributed by atoms with Gasteiger partial charge in [0.25, 0.3) is 5.91 Å². The van der Waals surface area contributed by atoms with Crippen molar-refractivity contribution in [3.63, 3.8) is 0 Å². The van der Waals surface area contributed by atoms with E-state index in [4.69, 9.17) is 0 Å². The standard InChI is InChI=1S/C12H13N3O2/c1-3-9-6-4-5-8(2)11(9)14-12(16)10-7-13-17-15-10/h4-7H,3H2,1-2H3,(H,14,16). The number of hydrogen-bond acceptors (Lipinski definition) is 4. The first-order chi connectivity index (χ1) is 8.22. The van der Waals surface area contributed by atoms with Crippen LogP contribution in [0, 0.1) is 6.92 Å². The Balaban J connectivity index is 2.27. The highest BCUT2D eigenvalue weighted by atomic mass is 16.6. The molecule has 0 aliphatic rings. The number of hydrogen-bond donors (Lipinski definition) is 1. The maximum atomic E-state index is 11.8. The molecule has 0 bridgehead atoms. The van der Waals surface area contributed by atoms with Crippen LogP contribution in [0.4, 0.5) is 5.69 Å². The fourth-order valence-electron chi connectivity index (χ4n) is 1.64. The smallest absolute Gasteiger partial charge is 0.279 e. The second kappa shape index (κ2) is 4.78. The maximum absolute atomic E-state index is 11.8. The molecule has 17 heavy (non-hydrogen) atoms. The molecular formula is C12H13N3O2. The summed E-state index contributed by atoms with van der Waals surface area (Å²) in [7, 11) is 0. The molecule has 0 fully saturated rings.